The fourth-order valence-corrected chi connectivity index (χ4v) is 5.34. The maximum atomic E-state index is 13.1. The lowest BCUT2D eigenvalue weighted by molar-refractivity contribution is -0.158. The van der Waals surface area contributed by atoms with Crippen LogP contribution in [0.25, 0.3) is 0 Å². The van der Waals surface area contributed by atoms with E-state index in [0.29, 0.717) is 12.8 Å². The van der Waals surface area contributed by atoms with Crippen molar-refractivity contribution in [3.8, 4) is 0 Å². The third-order valence-corrected chi connectivity index (χ3v) is 6.57. The first-order valence-electron chi connectivity index (χ1n) is 9.96. The number of esters is 2. The highest BCUT2D eigenvalue weighted by Gasteiger charge is 2.42. The van der Waals surface area contributed by atoms with Crippen molar-refractivity contribution in [2.24, 2.45) is 5.92 Å². The van der Waals surface area contributed by atoms with Crippen molar-refractivity contribution in [1.29, 1.82) is 0 Å². The molecule has 2 atom stereocenters. The quantitative estimate of drug-likeness (QED) is 0.595. The van der Waals surface area contributed by atoms with Crippen LogP contribution in [0.15, 0.2) is 30.3 Å². The van der Waals surface area contributed by atoms with Gasteiger partial charge in [0.25, 0.3) is 0 Å². The molecule has 8 heteroatoms. The summed E-state index contributed by atoms with van der Waals surface area (Å²) in [7, 11) is -3.86. The maximum Gasteiger partial charge on any atom is 0.324 e. The van der Waals surface area contributed by atoms with Crippen molar-refractivity contribution < 1.29 is 27.5 Å². The molecule has 1 aliphatic heterocycles. The van der Waals surface area contributed by atoms with Crippen LogP contribution < -0.4 is 0 Å². The van der Waals surface area contributed by atoms with Gasteiger partial charge in [0.05, 0.1) is 18.3 Å². The van der Waals surface area contributed by atoms with Gasteiger partial charge < -0.3 is 9.47 Å². The summed E-state index contributed by atoms with van der Waals surface area (Å²) in [5.74, 6) is -2.34. The molecule has 1 aromatic rings. The minimum atomic E-state index is -3.86. The van der Waals surface area contributed by atoms with Gasteiger partial charge in [0.15, 0.2) is 0 Å². The first-order chi connectivity index (χ1) is 13.5. The van der Waals surface area contributed by atoms with Crippen molar-refractivity contribution in [2.75, 3.05) is 18.9 Å². The number of nitrogens with zero attached hydrogens (tertiary/aromatic N) is 1. The fraction of sp³-hybridized carbons (Fsp3) is 0.619. The molecule has 0 bridgehead atoms. The fourth-order valence-electron chi connectivity index (χ4n) is 3.40. The minimum absolute atomic E-state index is 0.175. The van der Waals surface area contributed by atoms with Gasteiger partial charge >= 0.3 is 11.9 Å². The third-order valence-electron chi connectivity index (χ3n) is 4.60. The number of benzene rings is 1. The van der Waals surface area contributed by atoms with Crippen molar-refractivity contribution in [3.05, 3.63) is 35.9 Å². The van der Waals surface area contributed by atoms with E-state index in [4.69, 9.17) is 9.47 Å². The molecule has 162 valence electrons. The summed E-state index contributed by atoms with van der Waals surface area (Å²) in [4.78, 5) is 25.0. The highest BCUT2D eigenvalue weighted by Crippen LogP contribution is 2.26. The molecule has 7 nitrogen and oxygen atoms in total. The van der Waals surface area contributed by atoms with Crippen LogP contribution in [0.5, 0.6) is 0 Å². The van der Waals surface area contributed by atoms with Crippen molar-refractivity contribution in [3.63, 3.8) is 0 Å². The topological polar surface area (TPSA) is 90.0 Å². The first-order valence-corrected chi connectivity index (χ1v) is 11.6. The van der Waals surface area contributed by atoms with Gasteiger partial charge in [-0.15, -0.1) is 0 Å². The summed E-state index contributed by atoms with van der Waals surface area (Å²) in [6, 6.07) is 8.38. The number of carbonyl (C=O) groups is 2. The normalized spacial score (nSPS) is 19.0. The van der Waals surface area contributed by atoms with Crippen LogP contribution in [0, 0.1) is 5.92 Å². The Kier molecular flexibility index (Phi) is 7.82. The second-order valence-electron chi connectivity index (χ2n) is 8.22. The maximum absolute atomic E-state index is 13.1. The Morgan fingerprint density at radius 3 is 2.45 bits per heavy atom. The monoisotopic (exact) mass is 425 g/mol. The van der Waals surface area contributed by atoms with E-state index >= 15 is 0 Å². The van der Waals surface area contributed by atoms with Crippen LogP contribution >= 0.6 is 0 Å². The first kappa shape index (κ1) is 23.3. The van der Waals surface area contributed by atoms with Crippen LogP contribution in [-0.2, 0) is 35.5 Å². The predicted molar refractivity (Wildman–Crippen MR) is 110 cm³/mol. The average molecular weight is 426 g/mol. The van der Waals surface area contributed by atoms with E-state index in [1.165, 1.54) is 4.31 Å². The van der Waals surface area contributed by atoms with Crippen LogP contribution in [0.1, 0.15) is 46.1 Å². The Hall–Kier alpha value is -1.93. The van der Waals surface area contributed by atoms with Crippen LogP contribution in [0.4, 0.5) is 0 Å². The zero-order valence-electron chi connectivity index (χ0n) is 17.6. The Morgan fingerprint density at radius 2 is 1.86 bits per heavy atom. The van der Waals surface area contributed by atoms with Crippen LogP contribution in [0.3, 0.4) is 0 Å². The van der Waals surface area contributed by atoms with Gasteiger partial charge in [0.2, 0.25) is 10.0 Å². The Labute approximate surface area is 173 Å². The number of sulfonamides is 1. The molecule has 0 saturated carbocycles. The second-order valence-corrected chi connectivity index (χ2v) is 10.2. The van der Waals surface area contributed by atoms with Gasteiger partial charge in [0, 0.05) is 6.54 Å². The van der Waals surface area contributed by atoms with Gasteiger partial charge in [-0.2, -0.15) is 4.31 Å². The molecule has 0 aliphatic carbocycles. The van der Waals surface area contributed by atoms with E-state index in [-0.39, 0.29) is 19.6 Å². The summed E-state index contributed by atoms with van der Waals surface area (Å²) < 4.78 is 38.0. The van der Waals surface area contributed by atoms with Gasteiger partial charge in [0.1, 0.15) is 11.6 Å². The molecular weight excluding hydrogens is 394 g/mol. The van der Waals surface area contributed by atoms with Crippen molar-refractivity contribution in [1.82, 2.24) is 4.31 Å². The molecular formula is C21H31NO6S. The van der Waals surface area contributed by atoms with E-state index in [9.17, 15) is 18.0 Å². The van der Waals surface area contributed by atoms with Crippen molar-refractivity contribution in [2.45, 2.75) is 58.6 Å². The molecule has 1 saturated heterocycles. The lowest BCUT2D eigenvalue weighted by atomic mass is 10.0. The van der Waals surface area contributed by atoms with Gasteiger partial charge in [-0.05, 0) is 52.5 Å². The van der Waals surface area contributed by atoms with E-state index in [2.05, 4.69) is 0 Å². The third kappa shape index (κ3) is 6.82. The molecule has 1 aromatic carbocycles. The Balaban J connectivity index is 2.19. The molecule has 0 radical (unpaired) electrons. The van der Waals surface area contributed by atoms with Gasteiger partial charge in [-0.1, -0.05) is 30.3 Å². The largest absolute Gasteiger partial charge is 0.466 e. The Bertz CT molecular complexity index is 800. The lowest BCUT2D eigenvalue weighted by Gasteiger charge is -2.28. The van der Waals surface area contributed by atoms with Gasteiger partial charge in [-0.25, -0.2) is 8.42 Å². The molecule has 1 unspecified atom stereocenters. The van der Waals surface area contributed by atoms with Crippen LogP contribution in [-0.4, -0.2) is 55.2 Å². The molecule has 0 aromatic heterocycles. The molecule has 0 N–H and O–H groups in total. The van der Waals surface area contributed by atoms with E-state index in [0.717, 1.165) is 5.56 Å². The number of ether oxygens (including phenoxy) is 2. The molecule has 0 amide bonds. The molecule has 0 spiro atoms. The molecule has 1 aliphatic rings. The standard InChI is InChI=1S/C21H31NO6S/c1-5-27-19(23)17(14-16-10-7-6-8-11-16)15-29(25,26)22-13-9-12-18(22)20(24)28-21(2,3)4/h6-8,10-11,17-18H,5,9,12-15H2,1-4H3/t17?,18-/m0/s1. The molecule has 1 fully saturated rings. The lowest BCUT2D eigenvalue weighted by Crippen LogP contribution is -2.46. The summed E-state index contributed by atoms with van der Waals surface area (Å²) in [6.07, 6.45) is 1.24. The SMILES string of the molecule is CCOC(=O)C(Cc1ccccc1)CS(=O)(=O)N1CCC[C@H]1C(=O)OC(C)(C)C. The van der Waals surface area contributed by atoms with E-state index < -0.39 is 45.3 Å². The summed E-state index contributed by atoms with van der Waals surface area (Å²) >= 11 is 0. The zero-order valence-corrected chi connectivity index (χ0v) is 18.4. The summed E-state index contributed by atoms with van der Waals surface area (Å²) in [5.41, 5.74) is 0.154. The summed E-state index contributed by atoms with van der Waals surface area (Å²) in [6.45, 7) is 7.34. The van der Waals surface area contributed by atoms with E-state index in [1.807, 2.05) is 30.3 Å². The smallest absolute Gasteiger partial charge is 0.324 e. The van der Waals surface area contributed by atoms with Crippen molar-refractivity contribution >= 4 is 22.0 Å². The number of hydrogen-bond donors (Lipinski definition) is 0. The highest BCUT2D eigenvalue weighted by atomic mass is 32.2. The second kappa shape index (κ2) is 9.71. The zero-order chi connectivity index (χ0) is 21.7. The molecule has 2 rings (SSSR count). The molecule has 29 heavy (non-hydrogen) atoms. The Morgan fingerprint density at radius 1 is 1.21 bits per heavy atom. The van der Waals surface area contributed by atoms with Gasteiger partial charge in [-0.3, -0.25) is 9.59 Å². The minimum Gasteiger partial charge on any atom is -0.466 e. The number of carbonyl (C=O) groups excluding carboxylic acids is 2. The van der Waals surface area contributed by atoms with E-state index in [1.54, 1.807) is 27.7 Å². The molecule has 1 heterocycles. The number of rotatable bonds is 8. The summed E-state index contributed by atoms with van der Waals surface area (Å²) in [5, 5.41) is 0. The average Bonchev–Trinajstić information content (AvgIpc) is 3.12. The number of hydrogen-bond acceptors (Lipinski definition) is 6. The highest BCUT2D eigenvalue weighted by molar-refractivity contribution is 7.89. The van der Waals surface area contributed by atoms with Crippen LogP contribution in [0.2, 0.25) is 0 Å². The predicted octanol–water partition coefficient (Wildman–Crippen LogP) is 2.54.